The van der Waals surface area contributed by atoms with Gasteiger partial charge in [-0.3, -0.25) is 19.4 Å². The molecule has 284 valence electrons. The Morgan fingerprint density at radius 3 is 2.26 bits per heavy atom. The lowest BCUT2D eigenvalue weighted by Crippen LogP contribution is -2.49. The van der Waals surface area contributed by atoms with Gasteiger partial charge in [0, 0.05) is 50.8 Å². The predicted molar refractivity (Wildman–Crippen MR) is 197 cm³/mol. The molecule has 1 saturated carbocycles. The van der Waals surface area contributed by atoms with Gasteiger partial charge in [0.15, 0.2) is 6.29 Å². The number of benzene rings is 2. The van der Waals surface area contributed by atoms with E-state index in [0.717, 1.165) is 24.0 Å². The Morgan fingerprint density at radius 2 is 1.64 bits per heavy atom. The Morgan fingerprint density at radius 1 is 0.943 bits per heavy atom. The minimum atomic E-state index is -1.65. The largest absolute Gasteiger partial charge is 0.480 e. The first-order valence-electron chi connectivity index (χ1n) is 18.4. The summed E-state index contributed by atoms with van der Waals surface area (Å²) >= 11 is 0. The normalized spacial score (nSPS) is 20.0. The van der Waals surface area contributed by atoms with Crippen LogP contribution in [0.4, 0.5) is 5.69 Å². The van der Waals surface area contributed by atoms with Gasteiger partial charge in [-0.1, -0.05) is 61.4 Å². The van der Waals surface area contributed by atoms with Crippen molar-refractivity contribution >= 4 is 29.4 Å². The van der Waals surface area contributed by atoms with Crippen LogP contribution < -0.4 is 15.5 Å². The molecule has 1 aromatic heterocycles. The molecule has 2 aliphatic rings. The summed E-state index contributed by atoms with van der Waals surface area (Å²) in [5.41, 5.74) is 2.43. The maximum absolute atomic E-state index is 13.9. The molecular weight excluding hydrogens is 678 g/mol. The fourth-order valence-electron chi connectivity index (χ4n) is 7.77. The number of carbonyl (C=O) groups is 4. The number of aromatic nitrogens is 1. The number of aliphatic hydroxyl groups is 3. The highest BCUT2D eigenvalue weighted by atomic mass is 16.5. The second-order valence-electron chi connectivity index (χ2n) is 14.2. The number of hydrogen-bond acceptors (Lipinski definition) is 9. The average Bonchev–Trinajstić information content (AvgIpc) is 3.73. The third kappa shape index (κ3) is 10.2. The number of hydrogen-bond donors (Lipinski definition) is 6. The molecule has 3 aromatic rings. The summed E-state index contributed by atoms with van der Waals surface area (Å²) in [6.07, 6.45) is 4.52. The number of anilines is 1. The molecule has 5 rings (SSSR count). The van der Waals surface area contributed by atoms with Crippen molar-refractivity contribution in [3.8, 4) is 0 Å². The minimum absolute atomic E-state index is 0.0286. The summed E-state index contributed by atoms with van der Waals surface area (Å²) in [6, 6.07) is 18.7. The summed E-state index contributed by atoms with van der Waals surface area (Å²) < 4.78 is 0. The van der Waals surface area contributed by atoms with E-state index in [-0.39, 0.29) is 37.0 Å². The zero-order valence-electron chi connectivity index (χ0n) is 30.1. The van der Waals surface area contributed by atoms with Crippen LogP contribution in [0.15, 0.2) is 79.1 Å². The predicted octanol–water partition coefficient (Wildman–Crippen LogP) is 2.91. The number of aliphatic carboxylic acids is 1. The molecule has 53 heavy (non-hydrogen) atoms. The molecule has 2 heterocycles. The van der Waals surface area contributed by atoms with E-state index in [0.29, 0.717) is 56.3 Å². The Kier molecular flexibility index (Phi) is 13.6. The van der Waals surface area contributed by atoms with Gasteiger partial charge >= 0.3 is 5.97 Å². The van der Waals surface area contributed by atoms with Crippen LogP contribution in [0.5, 0.6) is 0 Å². The van der Waals surface area contributed by atoms with Gasteiger partial charge in [0.2, 0.25) is 17.7 Å². The standard InChI is InChI=1S/C40H51N5O8/c1-27(46)42-23-21-40(19-5-6-20-40)39(53)43-32(38(51)52)24-29-11-14-31(15-12-29)44-34(16-13-28-8-3-2-4-9-28)45(35(47)17-18-36(48)49)33(37(44)50)25-30-10-7-22-41-26-30/h2-4,7-12,14-15,22,26,32-34,36-37,48-50H,5-6,13,16-21,23-25H2,1H3,(H,42,46)(H,43,53)(H,51,52). The molecule has 4 unspecified atom stereocenters. The third-order valence-electron chi connectivity index (χ3n) is 10.5. The summed E-state index contributed by atoms with van der Waals surface area (Å²) in [7, 11) is 0. The maximum atomic E-state index is 13.9. The average molecular weight is 730 g/mol. The van der Waals surface area contributed by atoms with Crippen molar-refractivity contribution in [1.82, 2.24) is 20.5 Å². The molecular formula is C40H51N5O8. The molecule has 0 bridgehead atoms. The van der Waals surface area contributed by atoms with Crippen LogP contribution in [0.25, 0.3) is 0 Å². The SMILES string of the molecule is CC(=O)NCCC1(C(=O)NC(Cc2ccc(N3C(O)C(Cc4cccnc4)N(C(=O)CCC(O)O)C3CCc3ccccc3)cc2)C(=O)O)CCCC1. The number of carboxylic acids is 1. The van der Waals surface area contributed by atoms with Gasteiger partial charge in [0.25, 0.3) is 0 Å². The number of nitrogens with one attached hydrogen (secondary N) is 2. The molecule has 3 amide bonds. The fraction of sp³-hybridized carbons (Fsp3) is 0.475. The fourth-order valence-corrected chi connectivity index (χ4v) is 7.77. The Hall–Kier alpha value is -4.85. The second-order valence-corrected chi connectivity index (χ2v) is 14.2. The molecule has 13 nitrogen and oxygen atoms in total. The summed E-state index contributed by atoms with van der Waals surface area (Å²) in [5, 5.41) is 46.8. The zero-order valence-corrected chi connectivity index (χ0v) is 30.1. The number of pyridine rings is 1. The van der Waals surface area contributed by atoms with Crippen LogP contribution in [0.3, 0.4) is 0 Å². The third-order valence-corrected chi connectivity index (χ3v) is 10.5. The first kappa shape index (κ1) is 39.4. The number of rotatable bonds is 17. The van der Waals surface area contributed by atoms with Crippen LogP contribution in [-0.4, -0.2) is 91.3 Å². The lowest BCUT2D eigenvalue weighted by molar-refractivity contribution is -0.144. The molecule has 13 heteroatoms. The van der Waals surface area contributed by atoms with Gasteiger partial charge < -0.3 is 40.9 Å². The van der Waals surface area contributed by atoms with Crippen LogP contribution in [0.1, 0.15) is 75.0 Å². The van der Waals surface area contributed by atoms with E-state index in [9.17, 15) is 39.6 Å². The number of amides is 3. The topological polar surface area (TPSA) is 193 Å². The molecule has 1 aliphatic carbocycles. The van der Waals surface area contributed by atoms with E-state index in [1.807, 2.05) is 36.4 Å². The van der Waals surface area contributed by atoms with Crippen LogP contribution in [0.2, 0.25) is 0 Å². The molecule has 2 aromatic carbocycles. The van der Waals surface area contributed by atoms with Gasteiger partial charge in [-0.15, -0.1) is 0 Å². The van der Waals surface area contributed by atoms with Crippen LogP contribution in [0, 0.1) is 5.41 Å². The highest BCUT2D eigenvalue weighted by Crippen LogP contribution is 2.41. The van der Waals surface area contributed by atoms with Gasteiger partial charge in [-0.2, -0.15) is 0 Å². The van der Waals surface area contributed by atoms with Crippen molar-refractivity contribution in [3.05, 3.63) is 95.8 Å². The van der Waals surface area contributed by atoms with Gasteiger partial charge in [-0.25, -0.2) is 4.79 Å². The zero-order chi connectivity index (χ0) is 38.0. The number of aryl methyl sites for hydroxylation is 1. The van der Waals surface area contributed by atoms with Crippen LogP contribution >= 0.6 is 0 Å². The first-order chi connectivity index (χ1) is 25.5. The molecule has 2 fully saturated rings. The highest BCUT2D eigenvalue weighted by molar-refractivity contribution is 5.88. The summed E-state index contributed by atoms with van der Waals surface area (Å²) in [6.45, 7) is 1.76. The van der Waals surface area contributed by atoms with E-state index in [1.165, 1.54) is 6.92 Å². The molecule has 0 radical (unpaired) electrons. The second kappa shape index (κ2) is 18.3. The monoisotopic (exact) mass is 729 g/mol. The lowest BCUT2D eigenvalue weighted by Gasteiger charge is -2.33. The summed E-state index contributed by atoms with van der Waals surface area (Å²) in [4.78, 5) is 59.0. The van der Waals surface area contributed by atoms with Crippen molar-refractivity contribution in [2.75, 3.05) is 11.4 Å². The van der Waals surface area contributed by atoms with Crippen molar-refractivity contribution in [3.63, 3.8) is 0 Å². The molecule has 1 aliphatic heterocycles. The van der Waals surface area contributed by atoms with E-state index in [1.54, 1.807) is 52.5 Å². The van der Waals surface area contributed by atoms with Gasteiger partial charge in [0.05, 0.1) is 11.5 Å². The number of nitrogens with zero attached hydrogens (tertiary/aromatic N) is 3. The Labute approximate surface area is 310 Å². The number of carboxylic acid groups (broad SMARTS) is 1. The lowest BCUT2D eigenvalue weighted by atomic mass is 9.81. The van der Waals surface area contributed by atoms with Crippen molar-refractivity contribution in [2.24, 2.45) is 5.41 Å². The Balaban J connectivity index is 1.39. The maximum Gasteiger partial charge on any atom is 0.326 e. The van der Waals surface area contributed by atoms with Crippen molar-refractivity contribution in [2.45, 2.75) is 108 Å². The van der Waals surface area contributed by atoms with E-state index in [2.05, 4.69) is 15.6 Å². The quantitative estimate of drug-likeness (QED) is 0.113. The smallest absolute Gasteiger partial charge is 0.326 e. The van der Waals surface area contributed by atoms with Gasteiger partial charge in [0.1, 0.15) is 18.4 Å². The van der Waals surface area contributed by atoms with E-state index in [4.69, 9.17) is 0 Å². The highest BCUT2D eigenvalue weighted by Gasteiger charge is 2.48. The first-order valence-corrected chi connectivity index (χ1v) is 18.4. The molecule has 0 spiro atoms. The van der Waals surface area contributed by atoms with Gasteiger partial charge in [-0.05, 0) is 73.4 Å². The van der Waals surface area contributed by atoms with E-state index >= 15 is 0 Å². The molecule has 1 saturated heterocycles. The Bertz CT molecular complexity index is 1670. The molecule has 4 atom stereocenters. The minimum Gasteiger partial charge on any atom is -0.480 e. The number of carbonyl (C=O) groups excluding carboxylic acids is 3. The molecule has 6 N–H and O–H groups in total. The van der Waals surface area contributed by atoms with Crippen molar-refractivity contribution in [1.29, 1.82) is 0 Å². The van der Waals surface area contributed by atoms with E-state index < -0.39 is 42.2 Å². The number of aliphatic hydroxyl groups excluding tert-OH is 2. The van der Waals surface area contributed by atoms with Crippen LogP contribution in [-0.2, 0) is 38.4 Å². The van der Waals surface area contributed by atoms with Crippen molar-refractivity contribution < 1.29 is 39.6 Å². The summed E-state index contributed by atoms with van der Waals surface area (Å²) in [5.74, 6) is -1.97.